The van der Waals surface area contributed by atoms with Crippen molar-refractivity contribution >= 4 is 27.5 Å². The van der Waals surface area contributed by atoms with Gasteiger partial charge in [-0.3, -0.25) is 4.98 Å². The molecule has 0 amide bonds. The van der Waals surface area contributed by atoms with Gasteiger partial charge >= 0.3 is 0 Å². The van der Waals surface area contributed by atoms with Crippen molar-refractivity contribution in [1.82, 2.24) is 15.3 Å². The van der Waals surface area contributed by atoms with E-state index in [1.54, 1.807) is 24.7 Å². The molecule has 0 unspecified atom stereocenters. The topological polar surface area (TPSA) is 47.0 Å². The van der Waals surface area contributed by atoms with Gasteiger partial charge in [0.05, 0.1) is 6.20 Å². The molecule has 0 saturated carbocycles. The zero-order chi connectivity index (χ0) is 13.7. The van der Waals surface area contributed by atoms with Gasteiger partial charge < -0.3 is 10.1 Å². The van der Waals surface area contributed by atoms with Crippen LogP contribution in [0.5, 0.6) is 11.6 Å². The Labute approximate surface area is 125 Å². The molecular weight excluding hydrogens is 330 g/mol. The summed E-state index contributed by atoms with van der Waals surface area (Å²) in [5, 5.41) is 3.69. The quantitative estimate of drug-likeness (QED) is 0.898. The predicted octanol–water partition coefficient (Wildman–Crippen LogP) is 3.79. The summed E-state index contributed by atoms with van der Waals surface area (Å²) in [4.78, 5) is 8.23. The Balaban J connectivity index is 2.13. The van der Waals surface area contributed by atoms with Crippen molar-refractivity contribution in [3.05, 3.63) is 45.8 Å². The first-order valence-electron chi connectivity index (χ1n) is 5.82. The Bertz CT molecular complexity index is 565. The Kier molecular flexibility index (Phi) is 5.13. The van der Waals surface area contributed by atoms with E-state index in [1.165, 1.54) is 0 Å². The third-order valence-electron chi connectivity index (χ3n) is 2.34. The minimum atomic E-state index is 0.377. The number of pyridine rings is 2. The van der Waals surface area contributed by atoms with Crippen LogP contribution in [0.2, 0.25) is 5.02 Å². The van der Waals surface area contributed by atoms with Crippen molar-refractivity contribution in [3.63, 3.8) is 0 Å². The molecule has 4 nitrogen and oxygen atoms in total. The van der Waals surface area contributed by atoms with E-state index in [2.05, 4.69) is 31.2 Å². The van der Waals surface area contributed by atoms with Crippen molar-refractivity contribution in [2.75, 3.05) is 6.54 Å². The summed E-state index contributed by atoms with van der Waals surface area (Å²) >= 11 is 9.48. The average molecular weight is 343 g/mol. The SMILES string of the molecule is CCNCc1cnc(Oc2cncc(Br)c2)c(Cl)c1. The van der Waals surface area contributed by atoms with E-state index in [4.69, 9.17) is 16.3 Å². The maximum Gasteiger partial charge on any atom is 0.238 e. The smallest absolute Gasteiger partial charge is 0.238 e. The van der Waals surface area contributed by atoms with Crippen LogP contribution in [0.15, 0.2) is 35.2 Å². The molecule has 0 bridgehead atoms. The number of nitrogens with zero attached hydrogens (tertiary/aromatic N) is 2. The highest BCUT2D eigenvalue weighted by atomic mass is 79.9. The van der Waals surface area contributed by atoms with Gasteiger partial charge in [-0.1, -0.05) is 18.5 Å². The molecule has 2 aromatic heterocycles. The Morgan fingerprint density at radius 1 is 1.32 bits per heavy atom. The van der Waals surface area contributed by atoms with Crippen LogP contribution in [0.1, 0.15) is 12.5 Å². The fraction of sp³-hybridized carbons (Fsp3) is 0.231. The third kappa shape index (κ3) is 4.16. The molecule has 0 aliphatic carbocycles. The molecule has 0 radical (unpaired) electrons. The molecule has 100 valence electrons. The minimum Gasteiger partial charge on any atom is -0.436 e. The second kappa shape index (κ2) is 6.84. The molecule has 0 aromatic carbocycles. The molecule has 1 N–H and O–H groups in total. The van der Waals surface area contributed by atoms with Gasteiger partial charge in [0, 0.05) is 23.4 Å². The number of halogens is 2. The van der Waals surface area contributed by atoms with Crippen molar-refractivity contribution < 1.29 is 4.74 Å². The molecule has 0 fully saturated rings. The predicted molar refractivity (Wildman–Crippen MR) is 78.6 cm³/mol. The van der Waals surface area contributed by atoms with Gasteiger partial charge in [-0.25, -0.2) is 4.98 Å². The van der Waals surface area contributed by atoms with Crippen LogP contribution in [-0.4, -0.2) is 16.5 Å². The first-order chi connectivity index (χ1) is 9.19. The van der Waals surface area contributed by atoms with Gasteiger partial charge in [-0.05, 0) is 40.2 Å². The molecule has 0 spiro atoms. The summed E-state index contributed by atoms with van der Waals surface area (Å²) < 4.78 is 6.43. The minimum absolute atomic E-state index is 0.377. The lowest BCUT2D eigenvalue weighted by Crippen LogP contribution is -2.11. The van der Waals surface area contributed by atoms with Crippen molar-refractivity contribution in [1.29, 1.82) is 0 Å². The second-order valence-electron chi connectivity index (χ2n) is 3.85. The largest absolute Gasteiger partial charge is 0.436 e. The van der Waals surface area contributed by atoms with Crippen molar-refractivity contribution in [3.8, 4) is 11.6 Å². The fourth-order valence-corrected chi connectivity index (χ4v) is 2.04. The van der Waals surface area contributed by atoms with Gasteiger partial charge in [0.2, 0.25) is 5.88 Å². The molecule has 0 atom stereocenters. The lowest BCUT2D eigenvalue weighted by atomic mass is 10.3. The molecule has 6 heteroatoms. The molecule has 19 heavy (non-hydrogen) atoms. The van der Waals surface area contributed by atoms with Crippen LogP contribution in [-0.2, 0) is 6.54 Å². The van der Waals surface area contributed by atoms with Crippen LogP contribution >= 0.6 is 27.5 Å². The average Bonchev–Trinajstić information content (AvgIpc) is 2.39. The zero-order valence-electron chi connectivity index (χ0n) is 10.4. The number of rotatable bonds is 5. The summed E-state index contributed by atoms with van der Waals surface area (Å²) in [5.41, 5.74) is 1.02. The van der Waals surface area contributed by atoms with E-state index < -0.39 is 0 Å². The van der Waals surface area contributed by atoms with Crippen LogP contribution in [0.25, 0.3) is 0 Å². The van der Waals surface area contributed by atoms with Crippen molar-refractivity contribution in [2.24, 2.45) is 0 Å². The van der Waals surface area contributed by atoms with Gasteiger partial charge in [-0.2, -0.15) is 0 Å². The highest BCUT2D eigenvalue weighted by molar-refractivity contribution is 9.10. The number of aromatic nitrogens is 2. The monoisotopic (exact) mass is 341 g/mol. The summed E-state index contributed by atoms with van der Waals surface area (Å²) in [6.45, 7) is 3.69. The van der Waals surface area contributed by atoms with E-state index in [-0.39, 0.29) is 0 Å². The Hall–Kier alpha value is -1.17. The molecule has 2 heterocycles. The maximum atomic E-state index is 6.15. The van der Waals surface area contributed by atoms with Crippen LogP contribution < -0.4 is 10.1 Å². The van der Waals surface area contributed by atoms with Crippen LogP contribution in [0.4, 0.5) is 0 Å². The molecular formula is C13H13BrClN3O. The Morgan fingerprint density at radius 2 is 2.16 bits per heavy atom. The lowest BCUT2D eigenvalue weighted by molar-refractivity contribution is 0.460. The van der Waals surface area contributed by atoms with E-state index in [0.717, 1.165) is 23.1 Å². The van der Waals surface area contributed by atoms with E-state index in [0.29, 0.717) is 16.7 Å². The standard InChI is InChI=1S/C13H13BrClN3O/c1-2-16-5-9-3-12(15)13(18-6-9)19-11-4-10(14)7-17-8-11/h3-4,6-8,16H,2,5H2,1H3. The van der Waals surface area contributed by atoms with Gasteiger partial charge in [0.1, 0.15) is 10.8 Å². The number of ether oxygens (including phenoxy) is 1. The van der Waals surface area contributed by atoms with Crippen LogP contribution in [0.3, 0.4) is 0 Å². The molecule has 2 rings (SSSR count). The summed E-state index contributed by atoms with van der Waals surface area (Å²) in [7, 11) is 0. The Morgan fingerprint density at radius 3 is 2.84 bits per heavy atom. The van der Waals surface area contributed by atoms with E-state index >= 15 is 0 Å². The van der Waals surface area contributed by atoms with Gasteiger partial charge in [-0.15, -0.1) is 0 Å². The van der Waals surface area contributed by atoms with Gasteiger partial charge in [0.25, 0.3) is 0 Å². The summed E-state index contributed by atoms with van der Waals surface area (Å²) in [5.74, 6) is 0.963. The lowest BCUT2D eigenvalue weighted by Gasteiger charge is -2.08. The number of nitrogens with one attached hydrogen (secondary N) is 1. The second-order valence-corrected chi connectivity index (χ2v) is 5.17. The highest BCUT2D eigenvalue weighted by Crippen LogP contribution is 2.28. The van der Waals surface area contributed by atoms with E-state index in [1.807, 2.05) is 13.0 Å². The first-order valence-corrected chi connectivity index (χ1v) is 6.99. The molecule has 0 saturated heterocycles. The first kappa shape index (κ1) is 14.2. The fourth-order valence-electron chi connectivity index (χ4n) is 1.47. The summed E-state index contributed by atoms with van der Waals surface area (Å²) in [6, 6.07) is 3.65. The zero-order valence-corrected chi connectivity index (χ0v) is 12.7. The highest BCUT2D eigenvalue weighted by Gasteiger charge is 2.07. The summed E-state index contributed by atoms with van der Waals surface area (Å²) in [6.07, 6.45) is 5.03. The third-order valence-corrected chi connectivity index (χ3v) is 3.04. The van der Waals surface area contributed by atoms with Crippen molar-refractivity contribution in [2.45, 2.75) is 13.5 Å². The maximum absolute atomic E-state index is 6.15. The van der Waals surface area contributed by atoms with Gasteiger partial charge in [0.15, 0.2) is 0 Å². The number of hydrogen-bond acceptors (Lipinski definition) is 4. The molecule has 2 aromatic rings. The number of hydrogen-bond donors (Lipinski definition) is 1. The van der Waals surface area contributed by atoms with E-state index in [9.17, 15) is 0 Å². The van der Waals surface area contributed by atoms with Crippen LogP contribution in [0, 0.1) is 0 Å². The normalized spacial score (nSPS) is 10.5. The molecule has 0 aliphatic heterocycles. The molecule has 0 aliphatic rings.